The van der Waals surface area contributed by atoms with E-state index >= 15 is 0 Å². The van der Waals surface area contributed by atoms with E-state index in [-0.39, 0.29) is 36.8 Å². The van der Waals surface area contributed by atoms with Crippen molar-refractivity contribution < 1.29 is 24.2 Å². The predicted octanol–water partition coefficient (Wildman–Crippen LogP) is 4.84. The molecule has 35 heavy (non-hydrogen) atoms. The van der Waals surface area contributed by atoms with Crippen LogP contribution < -0.4 is 10.6 Å². The number of alkyl carbamates (subject to hydrolysis) is 1. The Morgan fingerprint density at radius 1 is 1.00 bits per heavy atom. The summed E-state index contributed by atoms with van der Waals surface area (Å²) in [5.74, 6) is -1.26. The smallest absolute Gasteiger partial charge is 0.407 e. The summed E-state index contributed by atoms with van der Waals surface area (Å²) in [6.07, 6.45) is 4.09. The molecule has 2 aromatic carbocycles. The van der Waals surface area contributed by atoms with Gasteiger partial charge in [-0.2, -0.15) is 0 Å². The average Bonchev–Trinajstić information content (AvgIpc) is 3.17. The molecule has 0 radical (unpaired) electrons. The zero-order valence-electron chi connectivity index (χ0n) is 20.2. The van der Waals surface area contributed by atoms with Crippen molar-refractivity contribution in [3.05, 3.63) is 59.7 Å². The van der Waals surface area contributed by atoms with Gasteiger partial charge in [0.1, 0.15) is 12.6 Å². The summed E-state index contributed by atoms with van der Waals surface area (Å²) in [7, 11) is 0. The zero-order valence-corrected chi connectivity index (χ0v) is 20.2. The second-order valence-corrected chi connectivity index (χ2v) is 9.57. The van der Waals surface area contributed by atoms with Crippen molar-refractivity contribution in [2.75, 3.05) is 6.61 Å². The minimum Gasteiger partial charge on any atom is -0.481 e. The van der Waals surface area contributed by atoms with Crippen molar-refractivity contribution in [2.45, 2.75) is 69.9 Å². The second-order valence-electron chi connectivity index (χ2n) is 9.57. The molecule has 3 N–H and O–H groups in total. The van der Waals surface area contributed by atoms with Gasteiger partial charge < -0.3 is 20.5 Å². The van der Waals surface area contributed by atoms with Crippen LogP contribution in [0, 0.1) is 5.92 Å². The third-order valence-electron chi connectivity index (χ3n) is 7.20. The summed E-state index contributed by atoms with van der Waals surface area (Å²) in [5.41, 5.74) is 4.57. The molecule has 3 atom stereocenters. The summed E-state index contributed by atoms with van der Waals surface area (Å²) < 4.78 is 5.62. The molecule has 186 valence electrons. The molecule has 4 rings (SSSR count). The van der Waals surface area contributed by atoms with Crippen LogP contribution in [0.3, 0.4) is 0 Å². The molecule has 7 heteroatoms. The van der Waals surface area contributed by atoms with E-state index in [1.54, 1.807) is 0 Å². The lowest BCUT2D eigenvalue weighted by molar-refractivity contribution is -0.139. The Morgan fingerprint density at radius 2 is 1.63 bits per heavy atom. The highest BCUT2D eigenvalue weighted by molar-refractivity contribution is 5.86. The largest absolute Gasteiger partial charge is 0.481 e. The van der Waals surface area contributed by atoms with Crippen molar-refractivity contribution in [2.24, 2.45) is 5.92 Å². The van der Waals surface area contributed by atoms with Gasteiger partial charge in [-0.3, -0.25) is 9.59 Å². The van der Waals surface area contributed by atoms with Crippen LogP contribution >= 0.6 is 0 Å². The fraction of sp³-hybridized carbons (Fsp3) is 0.464. The topological polar surface area (TPSA) is 105 Å². The van der Waals surface area contributed by atoms with Crippen molar-refractivity contribution in [3.63, 3.8) is 0 Å². The molecule has 1 saturated carbocycles. The number of amides is 2. The zero-order chi connectivity index (χ0) is 24.8. The normalized spacial score (nSPS) is 19.8. The standard InChI is InChI=1S/C28H34N2O5/c1-2-9-25(27(33)29-24-15-8-3-10-18(24)16-26(31)32)30-28(34)35-17-23-21-13-6-4-11-19(21)20-12-5-7-14-22(20)23/h4-7,11-14,18,23-25H,2-3,8-10,15-17H2,1H3,(H,29,33)(H,30,34)(H,31,32)/t18-,24-,25?/m1/s1. The van der Waals surface area contributed by atoms with Crippen LogP contribution in [0.4, 0.5) is 4.79 Å². The number of carbonyl (C=O) groups is 3. The van der Waals surface area contributed by atoms with Gasteiger partial charge >= 0.3 is 12.1 Å². The second kappa shape index (κ2) is 11.4. The number of carboxylic acids is 1. The number of ether oxygens (including phenoxy) is 1. The number of hydrogen-bond acceptors (Lipinski definition) is 4. The molecule has 1 fully saturated rings. The van der Waals surface area contributed by atoms with Crippen molar-refractivity contribution >= 4 is 18.0 Å². The SMILES string of the molecule is CCCC(NC(=O)OCC1c2ccccc2-c2ccccc21)C(=O)N[C@@H]1CCCC[C@@H]1CC(=O)O. The first kappa shape index (κ1) is 24.8. The monoisotopic (exact) mass is 478 g/mol. The minimum atomic E-state index is -0.849. The predicted molar refractivity (Wildman–Crippen MR) is 133 cm³/mol. The maximum atomic E-state index is 13.0. The Bertz CT molecular complexity index is 1020. The maximum Gasteiger partial charge on any atom is 0.407 e. The first-order valence-corrected chi connectivity index (χ1v) is 12.6. The van der Waals surface area contributed by atoms with Gasteiger partial charge in [0.15, 0.2) is 0 Å². The molecule has 7 nitrogen and oxygen atoms in total. The number of nitrogens with one attached hydrogen (secondary N) is 2. The lowest BCUT2D eigenvalue weighted by Crippen LogP contribution is -2.52. The molecular weight excluding hydrogens is 444 g/mol. The quantitative estimate of drug-likeness (QED) is 0.478. The van der Waals surface area contributed by atoms with Gasteiger partial charge in [-0.15, -0.1) is 0 Å². The molecule has 1 unspecified atom stereocenters. The summed E-state index contributed by atoms with van der Waals surface area (Å²) in [5, 5.41) is 15.0. The Hall–Kier alpha value is -3.35. The highest BCUT2D eigenvalue weighted by atomic mass is 16.5. The summed E-state index contributed by atoms with van der Waals surface area (Å²) in [6.45, 7) is 2.14. The van der Waals surface area contributed by atoms with Crippen LogP contribution in [-0.2, 0) is 14.3 Å². The van der Waals surface area contributed by atoms with Crippen LogP contribution in [0.1, 0.15) is 68.9 Å². The van der Waals surface area contributed by atoms with Gasteiger partial charge in [0, 0.05) is 12.0 Å². The van der Waals surface area contributed by atoms with Gasteiger partial charge in [-0.25, -0.2) is 4.79 Å². The van der Waals surface area contributed by atoms with Crippen molar-refractivity contribution in [1.82, 2.24) is 10.6 Å². The maximum absolute atomic E-state index is 13.0. The van der Waals surface area contributed by atoms with Crippen LogP contribution in [0.2, 0.25) is 0 Å². The minimum absolute atomic E-state index is 0.0448. The van der Waals surface area contributed by atoms with E-state index in [0.717, 1.165) is 47.9 Å². The summed E-state index contributed by atoms with van der Waals surface area (Å²) in [4.78, 5) is 37.0. The third-order valence-corrected chi connectivity index (χ3v) is 7.20. The number of carboxylic acid groups (broad SMARTS) is 1. The molecule has 2 amide bonds. The lowest BCUT2D eigenvalue weighted by Gasteiger charge is -2.32. The highest BCUT2D eigenvalue weighted by Crippen LogP contribution is 2.44. The van der Waals surface area contributed by atoms with E-state index in [2.05, 4.69) is 34.9 Å². The van der Waals surface area contributed by atoms with E-state index in [4.69, 9.17) is 4.74 Å². The van der Waals surface area contributed by atoms with Crippen molar-refractivity contribution in [3.8, 4) is 11.1 Å². The van der Waals surface area contributed by atoms with Gasteiger partial charge in [0.2, 0.25) is 5.91 Å². The number of rotatable bonds is 9. The van der Waals surface area contributed by atoms with E-state index in [1.807, 2.05) is 31.2 Å². The molecule has 0 bridgehead atoms. The first-order chi connectivity index (χ1) is 17.0. The molecule has 0 heterocycles. The molecule has 0 aromatic heterocycles. The van der Waals surface area contributed by atoms with Gasteiger partial charge in [0.05, 0.1) is 6.42 Å². The molecule has 0 saturated heterocycles. The van der Waals surface area contributed by atoms with E-state index < -0.39 is 18.1 Å². The first-order valence-electron chi connectivity index (χ1n) is 12.6. The number of benzene rings is 2. The van der Waals surface area contributed by atoms with Crippen LogP contribution in [0.15, 0.2) is 48.5 Å². The van der Waals surface area contributed by atoms with Gasteiger partial charge in [-0.05, 0) is 47.4 Å². The van der Waals surface area contributed by atoms with Gasteiger partial charge in [0.25, 0.3) is 0 Å². The Labute approximate surface area is 206 Å². The Balaban J connectivity index is 1.37. The van der Waals surface area contributed by atoms with Crippen LogP contribution in [-0.4, -0.2) is 41.8 Å². The third kappa shape index (κ3) is 5.84. The molecule has 0 spiro atoms. The van der Waals surface area contributed by atoms with E-state index in [9.17, 15) is 19.5 Å². The van der Waals surface area contributed by atoms with Crippen LogP contribution in [0.5, 0.6) is 0 Å². The van der Waals surface area contributed by atoms with E-state index in [1.165, 1.54) is 0 Å². The number of carbonyl (C=O) groups excluding carboxylic acids is 2. The number of aliphatic carboxylic acids is 1. The summed E-state index contributed by atoms with van der Waals surface area (Å²) in [6, 6.07) is 15.4. The highest BCUT2D eigenvalue weighted by Gasteiger charge is 2.32. The Morgan fingerprint density at radius 3 is 2.26 bits per heavy atom. The lowest BCUT2D eigenvalue weighted by atomic mass is 9.82. The molecule has 2 aliphatic carbocycles. The number of fused-ring (bicyclic) bond motifs is 3. The molecule has 0 aliphatic heterocycles. The molecule has 2 aliphatic rings. The Kier molecular flexibility index (Phi) is 8.06. The van der Waals surface area contributed by atoms with E-state index in [0.29, 0.717) is 12.8 Å². The van der Waals surface area contributed by atoms with Gasteiger partial charge in [-0.1, -0.05) is 74.7 Å². The molecule has 2 aromatic rings. The fourth-order valence-corrected chi connectivity index (χ4v) is 5.49. The molecular formula is C28H34N2O5. The summed E-state index contributed by atoms with van der Waals surface area (Å²) >= 11 is 0. The van der Waals surface area contributed by atoms with Crippen LogP contribution in [0.25, 0.3) is 11.1 Å². The number of hydrogen-bond donors (Lipinski definition) is 3. The van der Waals surface area contributed by atoms with Crippen molar-refractivity contribution in [1.29, 1.82) is 0 Å². The average molecular weight is 479 g/mol. The fourth-order valence-electron chi connectivity index (χ4n) is 5.49.